The molecule has 0 amide bonds. The lowest BCUT2D eigenvalue weighted by Gasteiger charge is -2.22. The number of hydrogen-bond donors (Lipinski definition) is 3. The first-order valence-electron chi connectivity index (χ1n) is 13.1. The van der Waals surface area contributed by atoms with Crippen molar-refractivity contribution in [3.63, 3.8) is 0 Å². The highest BCUT2D eigenvalue weighted by Crippen LogP contribution is 2.26. The second-order valence-corrected chi connectivity index (χ2v) is 10.0. The molecule has 8 nitrogen and oxygen atoms in total. The SMILES string of the molecule is C=c1[nH]nc(-c2cc3c(-n4cnc(C)c4)nccc3[nH]2)/c1=C/C(=C\C)c1cncc(CC2CCNCC2)c1. The van der Waals surface area contributed by atoms with Gasteiger partial charge < -0.3 is 10.3 Å². The molecule has 5 aromatic rings. The van der Waals surface area contributed by atoms with Crippen LogP contribution in [0.3, 0.4) is 0 Å². The van der Waals surface area contributed by atoms with E-state index in [4.69, 9.17) is 0 Å². The van der Waals surface area contributed by atoms with Crippen LogP contribution in [0.25, 0.3) is 46.3 Å². The molecular formula is C30H32N8. The van der Waals surface area contributed by atoms with Crippen molar-refractivity contribution < 1.29 is 0 Å². The fraction of sp³-hybridized carbons (Fsp3) is 0.267. The lowest BCUT2D eigenvalue weighted by atomic mass is 9.91. The van der Waals surface area contributed by atoms with Crippen molar-refractivity contribution in [1.29, 1.82) is 0 Å². The molecule has 0 aromatic carbocycles. The van der Waals surface area contributed by atoms with Crippen molar-refractivity contribution in [2.45, 2.75) is 33.1 Å². The van der Waals surface area contributed by atoms with E-state index in [0.29, 0.717) is 5.92 Å². The Hall–Kier alpha value is -4.30. The van der Waals surface area contributed by atoms with Crippen molar-refractivity contribution in [1.82, 2.24) is 40.0 Å². The third kappa shape index (κ3) is 4.70. The standard InChI is InChI=1S/C30H32N8/c1-4-23(24-12-22(15-32-16-24)11-21-5-8-31-9-6-21)13-25-20(3)36-37-29(25)28-14-26-27(35-28)7-10-33-30(26)38-17-19(2)34-18-38/h4,7,10,12-18,21,31,35-36H,3,5-6,8-9,11H2,1-2H3/b23-4+,25-13+. The average molecular weight is 505 g/mol. The highest BCUT2D eigenvalue weighted by Gasteiger charge is 2.15. The molecular weight excluding hydrogens is 472 g/mol. The summed E-state index contributed by atoms with van der Waals surface area (Å²) in [5.41, 5.74) is 7.12. The van der Waals surface area contributed by atoms with Crippen LogP contribution in [-0.4, -0.2) is 47.8 Å². The Morgan fingerprint density at radius 2 is 2.05 bits per heavy atom. The van der Waals surface area contributed by atoms with Crippen LogP contribution in [0.15, 0.2) is 55.4 Å². The van der Waals surface area contributed by atoms with Gasteiger partial charge in [0.1, 0.15) is 17.8 Å². The van der Waals surface area contributed by atoms with Gasteiger partial charge in [-0.15, -0.1) is 0 Å². The van der Waals surface area contributed by atoms with Crippen molar-refractivity contribution in [3.8, 4) is 17.2 Å². The summed E-state index contributed by atoms with van der Waals surface area (Å²) in [6.45, 7) is 10.5. The number of piperidine rings is 1. The van der Waals surface area contributed by atoms with Gasteiger partial charge in [-0.1, -0.05) is 12.7 Å². The number of aryl methyl sites for hydroxylation is 1. The van der Waals surface area contributed by atoms with E-state index in [0.717, 1.165) is 75.0 Å². The molecule has 1 fully saturated rings. The Balaban J connectivity index is 1.37. The summed E-state index contributed by atoms with van der Waals surface area (Å²) in [6.07, 6.45) is 17.3. The summed E-state index contributed by atoms with van der Waals surface area (Å²) in [4.78, 5) is 17.1. The van der Waals surface area contributed by atoms with Crippen LogP contribution in [0, 0.1) is 12.8 Å². The highest BCUT2D eigenvalue weighted by atomic mass is 15.1. The predicted molar refractivity (Wildman–Crippen MR) is 152 cm³/mol. The number of imidazole rings is 1. The van der Waals surface area contributed by atoms with Crippen LogP contribution in [0.1, 0.15) is 36.6 Å². The van der Waals surface area contributed by atoms with Gasteiger partial charge in [-0.25, -0.2) is 9.97 Å². The van der Waals surface area contributed by atoms with Crippen molar-refractivity contribution in [3.05, 3.63) is 82.8 Å². The Morgan fingerprint density at radius 1 is 1.18 bits per heavy atom. The van der Waals surface area contributed by atoms with Gasteiger partial charge in [0.2, 0.25) is 0 Å². The first-order chi connectivity index (χ1) is 18.6. The molecule has 0 radical (unpaired) electrons. The van der Waals surface area contributed by atoms with E-state index >= 15 is 0 Å². The summed E-state index contributed by atoms with van der Waals surface area (Å²) in [5, 5.41) is 13.9. The zero-order chi connectivity index (χ0) is 26.1. The molecule has 8 heteroatoms. The van der Waals surface area contributed by atoms with Crippen molar-refractivity contribution >= 4 is 29.1 Å². The van der Waals surface area contributed by atoms with E-state index < -0.39 is 0 Å². The topological polar surface area (TPSA) is 100 Å². The first kappa shape index (κ1) is 24.1. The normalized spacial score (nSPS) is 15.5. The summed E-state index contributed by atoms with van der Waals surface area (Å²) < 4.78 is 1.95. The van der Waals surface area contributed by atoms with Gasteiger partial charge in [0.05, 0.1) is 22.3 Å². The largest absolute Gasteiger partial charge is 0.353 e. The lowest BCUT2D eigenvalue weighted by molar-refractivity contribution is 0.372. The van der Waals surface area contributed by atoms with Crippen LogP contribution >= 0.6 is 0 Å². The second kappa shape index (κ2) is 10.2. The number of pyridine rings is 2. The van der Waals surface area contributed by atoms with Gasteiger partial charge in [0.25, 0.3) is 0 Å². The minimum Gasteiger partial charge on any atom is -0.353 e. The molecule has 192 valence electrons. The van der Waals surface area contributed by atoms with Crippen LogP contribution in [0.2, 0.25) is 0 Å². The molecule has 6 rings (SSSR count). The summed E-state index contributed by atoms with van der Waals surface area (Å²) >= 11 is 0. The number of aromatic amines is 2. The minimum atomic E-state index is 0.714. The van der Waals surface area contributed by atoms with Gasteiger partial charge in [0.15, 0.2) is 0 Å². The quantitative estimate of drug-likeness (QED) is 0.328. The van der Waals surface area contributed by atoms with Crippen LogP contribution in [-0.2, 0) is 6.42 Å². The Morgan fingerprint density at radius 3 is 2.84 bits per heavy atom. The number of rotatable bonds is 6. The van der Waals surface area contributed by atoms with Gasteiger partial charge in [-0.3, -0.25) is 14.6 Å². The maximum absolute atomic E-state index is 4.63. The molecule has 38 heavy (non-hydrogen) atoms. The fourth-order valence-electron chi connectivity index (χ4n) is 5.32. The molecule has 0 aliphatic carbocycles. The van der Waals surface area contributed by atoms with E-state index in [-0.39, 0.29) is 0 Å². The summed E-state index contributed by atoms with van der Waals surface area (Å²) in [6, 6.07) is 6.35. The smallest absolute Gasteiger partial charge is 0.147 e. The summed E-state index contributed by atoms with van der Waals surface area (Å²) in [7, 11) is 0. The zero-order valence-electron chi connectivity index (χ0n) is 21.8. The van der Waals surface area contributed by atoms with Gasteiger partial charge in [-0.05, 0) is 93.1 Å². The van der Waals surface area contributed by atoms with E-state index in [9.17, 15) is 0 Å². The molecule has 1 aliphatic heterocycles. The van der Waals surface area contributed by atoms with Crippen LogP contribution in [0.5, 0.6) is 0 Å². The number of fused-ring (bicyclic) bond motifs is 1. The Bertz CT molecular complexity index is 1730. The molecule has 1 saturated heterocycles. The molecule has 0 bridgehead atoms. The molecule has 1 aliphatic rings. The molecule has 0 spiro atoms. The Labute approximate surface area is 221 Å². The lowest BCUT2D eigenvalue weighted by Crippen LogP contribution is -2.28. The molecule has 0 saturated carbocycles. The van der Waals surface area contributed by atoms with Gasteiger partial charge >= 0.3 is 0 Å². The number of nitrogens with zero attached hydrogens (tertiary/aromatic N) is 5. The number of hydrogen-bond acceptors (Lipinski definition) is 5. The zero-order valence-corrected chi connectivity index (χ0v) is 21.8. The van der Waals surface area contributed by atoms with Crippen molar-refractivity contribution in [2.24, 2.45) is 5.92 Å². The highest BCUT2D eigenvalue weighted by molar-refractivity contribution is 5.92. The molecule has 0 atom stereocenters. The molecule has 5 aromatic heterocycles. The number of H-pyrrole nitrogens is 2. The van der Waals surface area contributed by atoms with E-state index in [1.807, 2.05) is 36.1 Å². The van der Waals surface area contributed by atoms with Crippen LogP contribution in [0.4, 0.5) is 0 Å². The summed E-state index contributed by atoms with van der Waals surface area (Å²) in [5.74, 6) is 1.54. The maximum Gasteiger partial charge on any atom is 0.147 e. The number of nitrogens with one attached hydrogen (secondary N) is 3. The molecule has 3 N–H and O–H groups in total. The number of aromatic nitrogens is 7. The molecule has 0 unspecified atom stereocenters. The van der Waals surface area contributed by atoms with Gasteiger partial charge in [-0.2, -0.15) is 5.10 Å². The minimum absolute atomic E-state index is 0.714. The van der Waals surface area contributed by atoms with E-state index in [2.05, 4.69) is 73.2 Å². The Kier molecular flexibility index (Phi) is 6.47. The first-order valence-corrected chi connectivity index (χ1v) is 13.1. The monoisotopic (exact) mass is 504 g/mol. The van der Waals surface area contributed by atoms with Crippen LogP contribution < -0.4 is 15.9 Å². The molecule has 6 heterocycles. The number of allylic oxidation sites excluding steroid dienone is 2. The maximum atomic E-state index is 4.63. The average Bonchev–Trinajstić information content (AvgIpc) is 3.66. The van der Waals surface area contributed by atoms with Crippen molar-refractivity contribution in [2.75, 3.05) is 13.1 Å². The van der Waals surface area contributed by atoms with E-state index in [1.54, 1.807) is 12.5 Å². The van der Waals surface area contributed by atoms with Gasteiger partial charge in [0, 0.05) is 35.4 Å². The second-order valence-electron chi connectivity index (χ2n) is 10.0. The predicted octanol–water partition coefficient (Wildman–Crippen LogP) is 3.68. The fourth-order valence-corrected chi connectivity index (χ4v) is 5.32. The third-order valence-electron chi connectivity index (χ3n) is 7.34. The third-order valence-corrected chi connectivity index (χ3v) is 7.34. The van der Waals surface area contributed by atoms with E-state index in [1.165, 1.54) is 18.4 Å².